The third-order valence-corrected chi connectivity index (χ3v) is 4.43. The van der Waals surface area contributed by atoms with Crippen LogP contribution in [0.25, 0.3) is 11.3 Å². The number of aromatic nitrogens is 4. The predicted octanol–water partition coefficient (Wildman–Crippen LogP) is 4.04. The van der Waals surface area contributed by atoms with Crippen LogP contribution in [0.2, 0.25) is 5.02 Å². The van der Waals surface area contributed by atoms with E-state index < -0.39 is 0 Å². The molecule has 0 atom stereocenters. The largest absolute Gasteiger partial charge is 0.262 e. The van der Waals surface area contributed by atoms with Crippen LogP contribution in [0.5, 0.6) is 0 Å². The van der Waals surface area contributed by atoms with Crippen molar-refractivity contribution in [2.24, 2.45) is 0 Å². The molecule has 4 nitrogen and oxygen atoms in total. The number of hydrogen-bond donors (Lipinski definition) is 1. The Morgan fingerprint density at radius 1 is 1.21 bits per heavy atom. The molecule has 1 aromatic carbocycles. The first-order valence-electron chi connectivity index (χ1n) is 5.49. The van der Waals surface area contributed by atoms with Crippen molar-refractivity contribution >= 4 is 34.7 Å². The maximum absolute atomic E-state index is 5.87. The van der Waals surface area contributed by atoms with Crippen molar-refractivity contribution in [1.82, 2.24) is 20.2 Å². The highest BCUT2D eigenvalue weighted by Gasteiger charge is 2.08. The third-order valence-electron chi connectivity index (χ3n) is 2.38. The number of aryl methyl sites for hydroxylation is 1. The lowest BCUT2D eigenvalue weighted by Crippen LogP contribution is -1.78. The summed E-state index contributed by atoms with van der Waals surface area (Å²) < 4.78 is 0.920. The number of rotatable bonds is 3. The Bertz CT molecular complexity index is 690. The van der Waals surface area contributed by atoms with Gasteiger partial charge in [0.15, 0.2) is 4.34 Å². The van der Waals surface area contributed by atoms with Crippen LogP contribution in [0, 0.1) is 6.92 Å². The molecule has 0 unspecified atom stereocenters. The van der Waals surface area contributed by atoms with Crippen LogP contribution in [0.15, 0.2) is 39.1 Å². The molecule has 0 aliphatic heterocycles. The quantitative estimate of drug-likeness (QED) is 0.793. The summed E-state index contributed by atoms with van der Waals surface area (Å²) in [6, 6.07) is 7.65. The van der Waals surface area contributed by atoms with E-state index in [1.807, 2.05) is 36.6 Å². The smallest absolute Gasteiger partial charge is 0.215 e. The minimum absolute atomic E-state index is 0.689. The van der Waals surface area contributed by atoms with Crippen molar-refractivity contribution in [3.8, 4) is 11.3 Å². The average Bonchev–Trinajstić information content (AvgIpc) is 3.00. The number of thiazole rings is 1. The Labute approximate surface area is 123 Å². The molecule has 0 radical (unpaired) electrons. The summed E-state index contributed by atoms with van der Waals surface area (Å²) in [6.07, 6.45) is 0. The Balaban J connectivity index is 1.81. The monoisotopic (exact) mass is 308 g/mol. The highest BCUT2D eigenvalue weighted by molar-refractivity contribution is 8.00. The first-order chi connectivity index (χ1) is 9.20. The highest BCUT2D eigenvalue weighted by Crippen LogP contribution is 2.31. The summed E-state index contributed by atoms with van der Waals surface area (Å²) in [7, 11) is 0. The third kappa shape index (κ3) is 2.97. The maximum atomic E-state index is 5.87. The Hall–Kier alpha value is -1.37. The molecule has 0 spiro atoms. The lowest BCUT2D eigenvalue weighted by Gasteiger charge is -1.95. The van der Waals surface area contributed by atoms with Crippen LogP contribution in [0.3, 0.4) is 0 Å². The second-order valence-electron chi connectivity index (χ2n) is 3.81. The molecule has 96 valence electrons. The summed E-state index contributed by atoms with van der Waals surface area (Å²) in [4.78, 5) is 8.80. The van der Waals surface area contributed by atoms with Crippen molar-refractivity contribution in [3.05, 3.63) is 40.5 Å². The summed E-state index contributed by atoms with van der Waals surface area (Å²) in [5, 5.41) is 10.3. The maximum Gasteiger partial charge on any atom is 0.215 e. The van der Waals surface area contributed by atoms with Crippen LogP contribution < -0.4 is 0 Å². The molecule has 3 rings (SSSR count). The van der Waals surface area contributed by atoms with Gasteiger partial charge in [-0.15, -0.1) is 16.4 Å². The van der Waals surface area contributed by atoms with Crippen LogP contribution in [0.4, 0.5) is 0 Å². The molecular formula is C12H9ClN4S2. The van der Waals surface area contributed by atoms with E-state index in [2.05, 4.69) is 20.2 Å². The molecule has 2 aromatic heterocycles. The molecule has 0 fully saturated rings. The highest BCUT2D eigenvalue weighted by atomic mass is 35.5. The fraction of sp³-hybridized carbons (Fsp3) is 0.0833. The van der Waals surface area contributed by atoms with Crippen molar-refractivity contribution in [2.45, 2.75) is 16.4 Å². The molecule has 0 saturated carbocycles. The fourth-order valence-electron chi connectivity index (χ4n) is 1.50. The molecule has 0 bridgehead atoms. The van der Waals surface area contributed by atoms with Gasteiger partial charge in [-0.1, -0.05) is 23.7 Å². The zero-order valence-electron chi connectivity index (χ0n) is 9.92. The number of benzene rings is 1. The van der Waals surface area contributed by atoms with Gasteiger partial charge in [-0.05, 0) is 30.8 Å². The summed E-state index contributed by atoms with van der Waals surface area (Å²) >= 11 is 8.90. The molecule has 0 aliphatic rings. The molecule has 0 aliphatic carbocycles. The van der Waals surface area contributed by atoms with E-state index in [0.29, 0.717) is 5.16 Å². The topological polar surface area (TPSA) is 54.5 Å². The Morgan fingerprint density at radius 3 is 2.68 bits per heavy atom. The lowest BCUT2D eigenvalue weighted by molar-refractivity contribution is 0.968. The average molecular weight is 309 g/mol. The van der Waals surface area contributed by atoms with Crippen molar-refractivity contribution in [2.75, 3.05) is 0 Å². The number of halogens is 1. The van der Waals surface area contributed by atoms with Gasteiger partial charge in [0.25, 0.3) is 0 Å². The molecule has 1 N–H and O–H groups in total. The first-order valence-corrected chi connectivity index (χ1v) is 7.56. The normalized spacial score (nSPS) is 10.8. The van der Waals surface area contributed by atoms with Crippen molar-refractivity contribution in [1.29, 1.82) is 0 Å². The van der Waals surface area contributed by atoms with Crippen LogP contribution >= 0.6 is 34.7 Å². The minimum atomic E-state index is 0.689. The van der Waals surface area contributed by atoms with E-state index in [0.717, 1.165) is 26.4 Å². The second kappa shape index (κ2) is 5.32. The Kier molecular flexibility index (Phi) is 3.54. The van der Waals surface area contributed by atoms with Crippen LogP contribution in [0.1, 0.15) is 5.82 Å². The standard InChI is InChI=1S/C12H9ClN4S2/c1-7-14-11(17-16-7)19-12-15-10(6-18-12)8-2-4-9(13)5-3-8/h2-6H,1H3,(H,14,16,17). The van der Waals surface area contributed by atoms with Gasteiger partial charge in [0.2, 0.25) is 5.16 Å². The van der Waals surface area contributed by atoms with E-state index in [-0.39, 0.29) is 0 Å². The number of H-pyrrole nitrogens is 1. The van der Waals surface area contributed by atoms with Gasteiger partial charge in [-0.25, -0.2) is 9.97 Å². The number of nitrogens with one attached hydrogen (secondary N) is 1. The van der Waals surface area contributed by atoms with E-state index in [1.54, 1.807) is 11.3 Å². The van der Waals surface area contributed by atoms with Gasteiger partial charge < -0.3 is 0 Å². The zero-order valence-corrected chi connectivity index (χ0v) is 12.3. The zero-order chi connectivity index (χ0) is 13.2. The summed E-state index contributed by atoms with van der Waals surface area (Å²) in [5.41, 5.74) is 2.00. The number of nitrogens with zero attached hydrogens (tertiary/aromatic N) is 3. The molecule has 0 amide bonds. The van der Waals surface area contributed by atoms with Gasteiger partial charge in [-0.2, -0.15) is 0 Å². The van der Waals surface area contributed by atoms with Crippen molar-refractivity contribution < 1.29 is 0 Å². The van der Waals surface area contributed by atoms with Gasteiger partial charge in [-0.3, -0.25) is 5.10 Å². The van der Waals surface area contributed by atoms with E-state index in [4.69, 9.17) is 11.6 Å². The molecule has 7 heteroatoms. The van der Waals surface area contributed by atoms with Gasteiger partial charge in [0.05, 0.1) is 5.69 Å². The van der Waals surface area contributed by atoms with Crippen molar-refractivity contribution in [3.63, 3.8) is 0 Å². The molecule has 2 heterocycles. The van der Waals surface area contributed by atoms with Gasteiger partial charge in [0, 0.05) is 16.0 Å². The molecule has 0 saturated heterocycles. The van der Waals surface area contributed by atoms with E-state index in [9.17, 15) is 0 Å². The minimum Gasteiger partial charge on any atom is -0.262 e. The lowest BCUT2D eigenvalue weighted by atomic mass is 10.2. The molecule has 19 heavy (non-hydrogen) atoms. The molecule has 3 aromatic rings. The van der Waals surface area contributed by atoms with Crippen LogP contribution in [-0.4, -0.2) is 20.2 Å². The fourth-order valence-corrected chi connectivity index (χ4v) is 3.32. The number of hydrogen-bond acceptors (Lipinski definition) is 5. The predicted molar refractivity (Wildman–Crippen MR) is 77.8 cm³/mol. The SMILES string of the molecule is Cc1nc(Sc2nc(-c3ccc(Cl)cc3)cs2)n[nH]1. The summed E-state index contributed by atoms with van der Waals surface area (Å²) in [6.45, 7) is 1.87. The van der Waals surface area contributed by atoms with E-state index >= 15 is 0 Å². The number of aromatic amines is 1. The van der Waals surface area contributed by atoms with Gasteiger partial charge in [0.1, 0.15) is 5.82 Å². The van der Waals surface area contributed by atoms with E-state index in [1.165, 1.54) is 11.8 Å². The molecular weight excluding hydrogens is 300 g/mol. The van der Waals surface area contributed by atoms with Gasteiger partial charge >= 0.3 is 0 Å². The summed E-state index contributed by atoms with van der Waals surface area (Å²) in [5.74, 6) is 0.803. The first kappa shape index (κ1) is 12.7. The van der Waals surface area contributed by atoms with Crippen LogP contribution in [-0.2, 0) is 0 Å². The second-order valence-corrected chi connectivity index (χ2v) is 6.32. The Morgan fingerprint density at radius 2 is 2.00 bits per heavy atom.